The molecular weight excluding hydrogens is 925 g/mol. The third kappa shape index (κ3) is 62.6. The highest BCUT2D eigenvalue weighted by Crippen LogP contribution is 2.18. The van der Waals surface area contributed by atoms with Crippen molar-refractivity contribution in [2.45, 2.75) is 386 Å². The molecule has 0 aliphatic heterocycles. The fourth-order valence-electron chi connectivity index (χ4n) is 10.4. The number of hydrogen-bond acceptors (Lipinski definition) is 6. The van der Waals surface area contributed by atoms with Gasteiger partial charge in [0, 0.05) is 19.3 Å². The van der Waals surface area contributed by atoms with E-state index >= 15 is 0 Å². The summed E-state index contributed by atoms with van der Waals surface area (Å²) in [6, 6.07) is 0. The largest absolute Gasteiger partial charge is 0.462 e. The minimum atomic E-state index is -0.770. The van der Waals surface area contributed by atoms with Gasteiger partial charge in [-0.1, -0.05) is 334 Å². The lowest BCUT2D eigenvalue weighted by molar-refractivity contribution is -0.167. The van der Waals surface area contributed by atoms with Crippen LogP contribution in [0, 0.1) is 0 Å². The van der Waals surface area contributed by atoms with Crippen molar-refractivity contribution in [2.24, 2.45) is 0 Å². The Hall–Kier alpha value is -2.11. The Bertz CT molecular complexity index is 1210. The summed E-state index contributed by atoms with van der Waals surface area (Å²) in [5, 5.41) is 0. The molecule has 442 valence electrons. The zero-order chi connectivity index (χ0) is 54.3. The van der Waals surface area contributed by atoms with Gasteiger partial charge in [0.2, 0.25) is 0 Å². The maximum Gasteiger partial charge on any atom is 0.306 e. The number of carbonyl (C=O) groups excluding carboxylic acids is 3. The molecule has 0 saturated carbocycles. The van der Waals surface area contributed by atoms with E-state index in [-0.39, 0.29) is 31.1 Å². The predicted octanol–water partition coefficient (Wildman–Crippen LogP) is 23.0. The van der Waals surface area contributed by atoms with Crippen LogP contribution < -0.4 is 0 Å². The second-order valence-corrected chi connectivity index (χ2v) is 23.1. The molecule has 0 aliphatic carbocycles. The molecule has 0 amide bonds. The van der Waals surface area contributed by atoms with Crippen molar-refractivity contribution in [2.75, 3.05) is 13.2 Å². The maximum absolute atomic E-state index is 12.9. The molecule has 0 bridgehead atoms. The molecule has 0 radical (unpaired) electrons. The first-order chi connectivity index (χ1) is 37.0. The Kier molecular flexibility index (Phi) is 62.6. The second-order valence-electron chi connectivity index (χ2n) is 23.1. The lowest BCUT2D eigenvalue weighted by Crippen LogP contribution is -2.30. The minimum Gasteiger partial charge on any atom is -0.462 e. The van der Waals surface area contributed by atoms with Crippen molar-refractivity contribution >= 4 is 17.9 Å². The molecule has 6 heteroatoms. The SMILES string of the molecule is CCCCC/C=C\C/C=C\CCCCCCCCCCCC(=O)OC(COC(=O)CCCCCCCCCCCCCCCCCCC)COC(=O)CCCCCCCCCCCCCCCCCCCCCCC. The van der Waals surface area contributed by atoms with Crippen LogP contribution in [0.25, 0.3) is 0 Å². The molecular formula is C69H130O6. The van der Waals surface area contributed by atoms with E-state index < -0.39 is 6.10 Å². The van der Waals surface area contributed by atoms with E-state index in [0.29, 0.717) is 19.3 Å². The Morgan fingerprint density at radius 1 is 0.267 bits per heavy atom. The van der Waals surface area contributed by atoms with E-state index in [4.69, 9.17) is 14.2 Å². The number of rotatable bonds is 63. The zero-order valence-electron chi connectivity index (χ0n) is 50.8. The van der Waals surface area contributed by atoms with Crippen LogP contribution in [0.3, 0.4) is 0 Å². The third-order valence-electron chi connectivity index (χ3n) is 15.5. The number of allylic oxidation sites excluding steroid dienone is 4. The van der Waals surface area contributed by atoms with Gasteiger partial charge in [-0.2, -0.15) is 0 Å². The van der Waals surface area contributed by atoms with Gasteiger partial charge >= 0.3 is 17.9 Å². The van der Waals surface area contributed by atoms with Gasteiger partial charge < -0.3 is 14.2 Å². The summed E-state index contributed by atoms with van der Waals surface area (Å²) in [7, 11) is 0. The molecule has 0 rings (SSSR count). The summed E-state index contributed by atoms with van der Waals surface area (Å²) >= 11 is 0. The average molecular weight is 1060 g/mol. The zero-order valence-corrected chi connectivity index (χ0v) is 50.8. The number of ether oxygens (including phenoxy) is 3. The minimum absolute atomic E-state index is 0.0664. The van der Waals surface area contributed by atoms with E-state index in [1.807, 2.05) is 0 Å². The predicted molar refractivity (Wildman–Crippen MR) is 326 cm³/mol. The van der Waals surface area contributed by atoms with Gasteiger partial charge in [-0.3, -0.25) is 14.4 Å². The van der Waals surface area contributed by atoms with Crippen molar-refractivity contribution in [1.82, 2.24) is 0 Å². The molecule has 0 N–H and O–H groups in total. The van der Waals surface area contributed by atoms with Crippen molar-refractivity contribution in [3.63, 3.8) is 0 Å². The van der Waals surface area contributed by atoms with Gasteiger partial charge in [-0.25, -0.2) is 0 Å². The van der Waals surface area contributed by atoms with Gasteiger partial charge in [0.05, 0.1) is 0 Å². The summed E-state index contributed by atoms with van der Waals surface area (Å²) in [5.74, 6) is -0.838. The first-order valence-electron chi connectivity index (χ1n) is 33.8. The van der Waals surface area contributed by atoms with Gasteiger partial charge in [0.25, 0.3) is 0 Å². The first-order valence-corrected chi connectivity index (χ1v) is 33.8. The summed E-state index contributed by atoms with van der Waals surface area (Å²) in [5.41, 5.74) is 0. The highest BCUT2D eigenvalue weighted by molar-refractivity contribution is 5.71. The standard InChI is InChI=1S/C69H130O6/c1-4-7-10-13-16-19-22-25-28-31-33-34-36-38-41-44-47-50-53-56-59-62-68(71)74-65-66(64-73-67(70)61-58-55-52-49-46-43-40-37-30-27-24-21-18-15-12-9-6-3)75-69(72)63-60-57-54-51-48-45-42-39-35-32-29-26-23-20-17-14-11-8-5-2/h17,20,26,29,66H,4-16,18-19,21-25,27-28,30-65H2,1-3H3/b20-17-,29-26-. The number of unbranched alkanes of at least 4 members (excludes halogenated alkanes) is 48. The Labute approximate surface area is 468 Å². The van der Waals surface area contributed by atoms with Crippen molar-refractivity contribution < 1.29 is 28.6 Å². The molecule has 6 nitrogen and oxygen atoms in total. The normalized spacial score (nSPS) is 12.1. The smallest absolute Gasteiger partial charge is 0.306 e. The average Bonchev–Trinajstić information content (AvgIpc) is 3.41. The lowest BCUT2D eigenvalue weighted by Gasteiger charge is -2.18. The quantitative estimate of drug-likeness (QED) is 0.0261. The fourth-order valence-corrected chi connectivity index (χ4v) is 10.4. The van der Waals surface area contributed by atoms with Crippen molar-refractivity contribution in [1.29, 1.82) is 0 Å². The van der Waals surface area contributed by atoms with Crippen molar-refractivity contribution in [3.05, 3.63) is 24.3 Å². The Balaban J connectivity index is 4.30. The number of carbonyl (C=O) groups is 3. The topological polar surface area (TPSA) is 78.9 Å². The van der Waals surface area contributed by atoms with Gasteiger partial charge in [-0.15, -0.1) is 0 Å². The molecule has 0 spiro atoms. The lowest BCUT2D eigenvalue weighted by atomic mass is 10.0. The molecule has 0 aromatic heterocycles. The van der Waals surface area contributed by atoms with Crippen LogP contribution in [-0.2, 0) is 28.6 Å². The van der Waals surface area contributed by atoms with Crippen LogP contribution in [0.5, 0.6) is 0 Å². The van der Waals surface area contributed by atoms with Gasteiger partial charge in [-0.05, 0) is 51.4 Å². The van der Waals surface area contributed by atoms with Crippen LogP contribution in [0.15, 0.2) is 24.3 Å². The molecule has 1 unspecified atom stereocenters. The van der Waals surface area contributed by atoms with Crippen molar-refractivity contribution in [3.8, 4) is 0 Å². The summed E-state index contributed by atoms with van der Waals surface area (Å²) in [6.45, 7) is 6.70. The molecule has 75 heavy (non-hydrogen) atoms. The molecule has 0 aromatic rings. The molecule has 0 heterocycles. The Morgan fingerprint density at radius 2 is 0.480 bits per heavy atom. The number of hydrogen-bond donors (Lipinski definition) is 0. The Morgan fingerprint density at radius 3 is 0.760 bits per heavy atom. The van der Waals surface area contributed by atoms with Crippen LogP contribution >= 0.6 is 0 Å². The van der Waals surface area contributed by atoms with E-state index in [9.17, 15) is 14.4 Å². The van der Waals surface area contributed by atoms with Gasteiger partial charge in [0.15, 0.2) is 6.10 Å². The number of esters is 3. The molecule has 1 atom stereocenters. The summed E-state index contributed by atoms with van der Waals surface area (Å²) in [6.07, 6.45) is 77.6. The molecule has 0 fully saturated rings. The second kappa shape index (κ2) is 64.4. The summed E-state index contributed by atoms with van der Waals surface area (Å²) < 4.78 is 17.0. The van der Waals surface area contributed by atoms with Crippen LogP contribution in [0.1, 0.15) is 380 Å². The van der Waals surface area contributed by atoms with E-state index in [1.165, 1.54) is 276 Å². The van der Waals surface area contributed by atoms with E-state index in [0.717, 1.165) is 64.2 Å². The van der Waals surface area contributed by atoms with E-state index in [1.54, 1.807) is 0 Å². The molecule has 0 aromatic carbocycles. The highest BCUT2D eigenvalue weighted by atomic mass is 16.6. The molecule has 0 saturated heterocycles. The third-order valence-corrected chi connectivity index (χ3v) is 15.5. The van der Waals surface area contributed by atoms with E-state index in [2.05, 4.69) is 45.1 Å². The van der Waals surface area contributed by atoms with Crippen LogP contribution in [0.4, 0.5) is 0 Å². The van der Waals surface area contributed by atoms with Gasteiger partial charge in [0.1, 0.15) is 13.2 Å². The van der Waals surface area contributed by atoms with Crippen LogP contribution in [-0.4, -0.2) is 37.2 Å². The first kappa shape index (κ1) is 72.9. The highest BCUT2D eigenvalue weighted by Gasteiger charge is 2.19. The summed E-state index contributed by atoms with van der Waals surface area (Å²) in [4.78, 5) is 38.4. The monoisotopic (exact) mass is 1050 g/mol. The van der Waals surface area contributed by atoms with Crippen LogP contribution in [0.2, 0.25) is 0 Å². The molecule has 0 aliphatic rings. The maximum atomic E-state index is 12.9. The fraction of sp³-hybridized carbons (Fsp3) is 0.899.